The van der Waals surface area contributed by atoms with Gasteiger partial charge in [-0.05, 0) is 43.5 Å². The molecule has 2 aliphatic heterocycles. The molecule has 21 heavy (non-hydrogen) atoms. The van der Waals surface area contributed by atoms with Gasteiger partial charge < -0.3 is 15.5 Å². The third kappa shape index (κ3) is 3.05. The lowest BCUT2D eigenvalue weighted by Gasteiger charge is -2.37. The predicted octanol–water partition coefficient (Wildman–Crippen LogP) is 1.90. The second kappa shape index (κ2) is 6.48. The van der Waals surface area contributed by atoms with E-state index in [4.69, 9.17) is 0 Å². The second-order valence-electron chi connectivity index (χ2n) is 6.10. The monoisotopic (exact) mass is 287 g/mol. The maximum atomic E-state index is 11.8. The van der Waals surface area contributed by atoms with Gasteiger partial charge in [-0.1, -0.05) is 19.1 Å². The fourth-order valence-corrected chi connectivity index (χ4v) is 3.49. The molecule has 4 nitrogen and oxygen atoms in total. The zero-order valence-electron chi connectivity index (χ0n) is 12.8. The first-order chi connectivity index (χ1) is 10.3. The van der Waals surface area contributed by atoms with Crippen molar-refractivity contribution in [3.8, 4) is 0 Å². The minimum atomic E-state index is 0.185. The predicted molar refractivity (Wildman–Crippen MR) is 85.3 cm³/mol. The Hall–Kier alpha value is -1.55. The van der Waals surface area contributed by atoms with Gasteiger partial charge in [0.05, 0.1) is 12.0 Å². The van der Waals surface area contributed by atoms with Crippen molar-refractivity contribution in [1.82, 2.24) is 10.6 Å². The summed E-state index contributed by atoms with van der Waals surface area (Å²) in [5.41, 5.74) is 2.57. The molecule has 3 rings (SSSR count). The van der Waals surface area contributed by atoms with Gasteiger partial charge in [0, 0.05) is 25.3 Å². The number of anilines is 1. The van der Waals surface area contributed by atoms with Gasteiger partial charge in [0.15, 0.2) is 0 Å². The molecule has 114 valence electrons. The van der Waals surface area contributed by atoms with Gasteiger partial charge in [0.25, 0.3) is 0 Å². The number of nitrogens with one attached hydrogen (secondary N) is 2. The number of nitrogens with zero attached hydrogens (tertiary/aromatic N) is 1. The molecule has 4 heteroatoms. The molecule has 1 aromatic carbocycles. The first-order valence-electron chi connectivity index (χ1n) is 8.13. The van der Waals surface area contributed by atoms with Crippen LogP contribution in [0.2, 0.25) is 0 Å². The van der Waals surface area contributed by atoms with Crippen molar-refractivity contribution in [3.05, 3.63) is 29.8 Å². The number of carbonyl (C=O) groups is 1. The number of carbonyl (C=O) groups excluding carboxylic acids is 1. The van der Waals surface area contributed by atoms with Gasteiger partial charge in [-0.15, -0.1) is 0 Å². The van der Waals surface area contributed by atoms with E-state index in [1.165, 1.54) is 11.3 Å². The molecular formula is C17H25N3O. The molecule has 2 fully saturated rings. The quantitative estimate of drug-likeness (QED) is 0.813. The standard InChI is InChI=1S/C17H25N3O/c1-2-9-18-11-13-5-7-14(8-6-13)20-10-3-4-15-16(20)12-19-17(15)21/h5-8,15-16,18H,2-4,9-12H2,1H3,(H,19,21). The van der Waals surface area contributed by atoms with E-state index in [0.29, 0.717) is 6.04 Å². The van der Waals surface area contributed by atoms with Crippen LogP contribution in [0.4, 0.5) is 5.69 Å². The van der Waals surface area contributed by atoms with Crippen LogP contribution < -0.4 is 15.5 Å². The summed E-state index contributed by atoms with van der Waals surface area (Å²) in [5, 5.41) is 6.44. The van der Waals surface area contributed by atoms with E-state index < -0.39 is 0 Å². The molecule has 2 atom stereocenters. The van der Waals surface area contributed by atoms with Crippen LogP contribution >= 0.6 is 0 Å². The van der Waals surface area contributed by atoms with Crippen molar-refractivity contribution in [3.63, 3.8) is 0 Å². The fourth-order valence-electron chi connectivity index (χ4n) is 3.49. The lowest BCUT2D eigenvalue weighted by atomic mass is 9.91. The zero-order chi connectivity index (χ0) is 14.7. The number of hydrogen-bond acceptors (Lipinski definition) is 3. The third-order valence-corrected chi connectivity index (χ3v) is 4.63. The third-order valence-electron chi connectivity index (χ3n) is 4.63. The summed E-state index contributed by atoms with van der Waals surface area (Å²) in [6.45, 7) is 6.03. The van der Waals surface area contributed by atoms with Crippen LogP contribution in [-0.2, 0) is 11.3 Å². The normalized spacial score (nSPS) is 24.8. The lowest BCUT2D eigenvalue weighted by molar-refractivity contribution is -0.122. The SMILES string of the molecule is CCCNCc1ccc(N2CCCC3C(=O)NCC32)cc1. The Morgan fingerprint density at radius 3 is 2.90 bits per heavy atom. The highest BCUT2D eigenvalue weighted by Gasteiger charge is 2.40. The minimum absolute atomic E-state index is 0.185. The number of rotatable bonds is 5. The van der Waals surface area contributed by atoms with Crippen LogP contribution in [-0.4, -0.2) is 31.6 Å². The van der Waals surface area contributed by atoms with Crippen LogP contribution in [0.15, 0.2) is 24.3 Å². The van der Waals surface area contributed by atoms with E-state index in [1.807, 2.05) is 0 Å². The van der Waals surface area contributed by atoms with Crippen molar-refractivity contribution in [2.45, 2.75) is 38.8 Å². The van der Waals surface area contributed by atoms with Crippen LogP contribution in [0.5, 0.6) is 0 Å². The molecule has 2 saturated heterocycles. The summed E-state index contributed by atoms with van der Waals surface area (Å²) in [5.74, 6) is 0.426. The summed E-state index contributed by atoms with van der Waals surface area (Å²) < 4.78 is 0. The molecule has 2 N–H and O–H groups in total. The summed E-state index contributed by atoms with van der Waals surface area (Å²) >= 11 is 0. The van der Waals surface area contributed by atoms with Gasteiger partial charge >= 0.3 is 0 Å². The van der Waals surface area contributed by atoms with Crippen molar-refractivity contribution >= 4 is 11.6 Å². The lowest BCUT2D eigenvalue weighted by Crippen LogP contribution is -2.45. The maximum absolute atomic E-state index is 11.8. The summed E-state index contributed by atoms with van der Waals surface area (Å²) in [6, 6.07) is 9.15. The number of benzene rings is 1. The molecule has 1 aromatic rings. The number of fused-ring (bicyclic) bond motifs is 1. The molecule has 0 aliphatic carbocycles. The Balaban J connectivity index is 1.67. The Morgan fingerprint density at radius 1 is 1.33 bits per heavy atom. The number of hydrogen-bond donors (Lipinski definition) is 2. The van der Waals surface area contributed by atoms with E-state index in [1.54, 1.807) is 0 Å². The number of amides is 1. The van der Waals surface area contributed by atoms with Gasteiger partial charge in [0.2, 0.25) is 5.91 Å². The maximum Gasteiger partial charge on any atom is 0.225 e. The molecule has 2 heterocycles. The molecule has 0 radical (unpaired) electrons. The zero-order valence-corrected chi connectivity index (χ0v) is 12.8. The van der Waals surface area contributed by atoms with Crippen LogP contribution in [0.1, 0.15) is 31.7 Å². The fraction of sp³-hybridized carbons (Fsp3) is 0.588. The van der Waals surface area contributed by atoms with Crippen molar-refractivity contribution < 1.29 is 4.79 Å². The second-order valence-corrected chi connectivity index (χ2v) is 6.10. The van der Waals surface area contributed by atoms with Crippen LogP contribution in [0, 0.1) is 5.92 Å². The number of piperidine rings is 1. The average molecular weight is 287 g/mol. The van der Waals surface area contributed by atoms with Crippen LogP contribution in [0.25, 0.3) is 0 Å². The Morgan fingerprint density at radius 2 is 2.14 bits per heavy atom. The Bertz CT molecular complexity index is 485. The van der Waals surface area contributed by atoms with E-state index in [2.05, 4.69) is 46.7 Å². The van der Waals surface area contributed by atoms with Crippen molar-refractivity contribution in [1.29, 1.82) is 0 Å². The Kier molecular flexibility index (Phi) is 4.44. The van der Waals surface area contributed by atoms with Crippen molar-refractivity contribution in [2.24, 2.45) is 5.92 Å². The van der Waals surface area contributed by atoms with E-state index in [0.717, 1.165) is 45.4 Å². The molecule has 1 amide bonds. The summed E-state index contributed by atoms with van der Waals surface area (Å²) in [4.78, 5) is 14.3. The largest absolute Gasteiger partial charge is 0.366 e. The molecular weight excluding hydrogens is 262 g/mol. The minimum Gasteiger partial charge on any atom is -0.366 e. The smallest absolute Gasteiger partial charge is 0.225 e. The van der Waals surface area contributed by atoms with Crippen molar-refractivity contribution in [2.75, 3.05) is 24.5 Å². The molecule has 2 unspecified atom stereocenters. The highest BCUT2D eigenvalue weighted by Crippen LogP contribution is 2.31. The van der Waals surface area contributed by atoms with Gasteiger partial charge in [-0.3, -0.25) is 4.79 Å². The summed E-state index contributed by atoms with van der Waals surface area (Å²) in [7, 11) is 0. The molecule has 0 bridgehead atoms. The molecule has 0 spiro atoms. The highest BCUT2D eigenvalue weighted by atomic mass is 16.2. The van der Waals surface area contributed by atoms with E-state index in [-0.39, 0.29) is 11.8 Å². The van der Waals surface area contributed by atoms with Gasteiger partial charge in [0.1, 0.15) is 0 Å². The topological polar surface area (TPSA) is 44.4 Å². The molecule has 2 aliphatic rings. The Labute approximate surface area is 126 Å². The summed E-state index contributed by atoms with van der Waals surface area (Å²) in [6.07, 6.45) is 3.30. The van der Waals surface area contributed by atoms with E-state index in [9.17, 15) is 4.79 Å². The first-order valence-corrected chi connectivity index (χ1v) is 8.13. The highest BCUT2D eigenvalue weighted by molar-refractivity contribution is 5.83. The van der Waals surface area contributed by atoms with E-state index >= 15 is 0 Å². The average Bonchev–Trinajstić information content (AvgIpc) is 2.90. The molecule has 0 saturated carbocycles. The van der Waals surface area contributed by atoms with Gasteiger partial charge in [-0.2, -0.15) is 0 Å². The van der Waals surface area contributed by atoms with Gasteiger partial charge in [-0.25, -0.2) is 0 Å². The molecule has 0 aromatic heterocycles. The first kappa shape index (κ1) is 14.4. The van der Waals surface area contributed by atoms with Crippen LogP contribution in [0.3, 0.4) is 0 Å².